The molecule has 2 N–H and O–H groups in total. The molecular formula is C20H18F3N3O5. The molecule has 0 saturated carbocycles. The molecule has 3 rings (SSSR count). The Balaban J connectivity index is 1.99. The van der Waals surface area contributed by atoms with E-state index >= 15 is 0 Å². The summed E-state index contributed by atoms with van der Waals surface area (Å²) in [6.07, 6.45) is -5.33. The lowest BCUT2D eigenvalue weighted by molar-refractivity contribution is -0.197. The van der Waals surface area contributed by atoms with Crippen molar-refractivity contribution < 1.29 is 37.0 Å². The van der Waals surface area contributed by atoms with Gasteiger partial charge in [0.05, 0.1) is 19.9 Å². The van der Waals surface area contributed by atoms with E-state index in [1.165, 1.54) is 50.6 Å². The second kappa shape index (κ2) is 7.82. The van der Waals surface area contributed by atoms with Crippen molar-refractivity contribution in [1.82, 2.24) is 10.6 Å². The molecule has 0 aromatic heterocycles. The van der Waals surface area contributed by atoms with Crippen molar-refractivity contribution in [2.24, 2.45) is 0 Å². The van der Waals surface area contributed by atoms with Crippen LogP contribution in [0.3, 0.4) is 0 Å². The van der Waals surface area contributed by atoms with Crippen molar-refractivity contribution in [2.45, 2.75) is 18.8 Å². The zero-order valence-corrected chi connectivity index (χ0v) is 16.7. The van der Waals surface area contributed by atoms with Crippen LogP contribution < -0.4 is 25.0 Å². The fourth-order valence-corrected chi connectivity index (χ4v) is 3.03. The van der Waals surface area contributed by atoms with Crippen molar-refractivity contribution >= 4 is 23.5 Å². The van der Waals surface area contributed by atoms with Crippen molar-refractivity contribution in [3.8, 4) is 11.5 Å². The molecule has 4 amide bonds. The highest BCUT2D eigenvalue weighted by molar-refractivity contribution is 6.24. The van der Waals surface area contributed by atoms with Crippen LogP contribution in [0, 0.1) is 6.92 Å². The Morgan fingerprint density at radius 3 is 2.19 bits per heavy atom. The predicted octanol–water partition coefficient (Wildman–Crippen LogP) is 2.76. The summed E-state index contributed by atoms with van der Waals surface area (Å²) < 4.78 is 52.1. The summed E-state index contributed by atoms with van der Waals surface area (Å²) in [7, 11) is 2.64. The van der Waals surface area contributed by atoms with Crippen molar-refractivity contribution in [3.05, 3.63) is 53.6 Å². The molecule has 0 bridgehead atoms. The lowest BCUT2D eigenvalue weighted by atomic mass is 10.1. The molecule has 1 aliphatic rings. The van der Waals surface area contributed by atoms with Crippen LogP contribution in [0.25, 0.3) is 0 Å². The third kappa shape index (κ3) is 3.74. The first-order valence-electron chi connectivity index (χ1n) is 8.88. The number of urea groups is 1. The number of nitrogens with one attached hydrogen (secondary N) is 2. The minimum Gasteiger partial charge on any atom is -0.493 e. The molecule has 0 radical (unpaired) electrons. The first-order valence-corrected chi connectivity index (χ1v) is 8.88. The van der Waals surface area contributed by atoms with Gasteiger partial charge in [-0.05, 0) is 37.3 Å². The molecule has 164 valence electrons. The van der Waals surface area contributed by atoms with Gasteiger partial charge in [-0.15, -0.1) is 0 Å². The lowest BCUT2D eigenvalue weighted by Gasteiger charge is -2.30. The van der Waals surface area contributed by atoms with E-state index in [2.05, 4.69) is 0 Å². The number of hydrogen-bond donors (Lipinski definition) is 2. The van der Waals surface area contributed by atoms with Gasteiger partial charge in [0.1, 0.15) is 0 Å². The number of amides is 4. The number of halogens is 3. The monoisotopic (exact) mass is 437 g/mol. The zero-order chi connectivity index (χ0) is 23.0. The molecule has 8 nitrogen and oxygen atoms in total. The first-order chi connectivity index (χ1) is 14.5. The quantitative estimate of drug-likeness (QED) is 0.702. The Morgan fingerprint density at radius 1 is 1.03 bits per heavy atom. The van der Waals surface area contributed by atoms with E-state index in [-0.39, 0.29) is 22.7 Å². The largest absolute Gasteiger partial charge is 0.493 e. The van der Waals surface area contributed by atoms with Gasteiger partial charge >= 0.3 is 12.2 Å². The van der Waals surface area contributed by atoms with Gasteiger partial charge in [-0.1, -0.05) is 17.7 Å². The number of nitrogens with zero attached hydrogens (tertiary/aromatic N) is 1. The molecule has 0 unspecified atom stereocenters. The summed E-state index contributed by atoms with van der Waals surface area (Å²) in [6, 6.07) is 8.07. The number of anilines is 1. The topological polar surface area (TPSA) is 97.0 Å². The van der Waals surface area contributed by atoms with E-state index in [1.807, 2.05) is 0 Å². The van der Waals surface area contributed by atoms with Crippen LogP contribution in [0.4, 0.5) is 23.7 Å². The number of rotatable bonds is 5. The van der Waals surface area contributed by atoms with Gasteiger partial charge in [0, 0.05) is 5.56 Å². The molecule has 0 spiro atoms. The fraction of sp³-hybridized carbons (Fsp3) is 0.250. The highest BCUT2D eigenvalue weighted by atomic mass is 19.4. The smallest absolute Gasteiger partial charge is 0.440 e. The molecule has 0 aliphatic carbocycles. The van der Waals surface area contributed by atoms with E-state index in [0.29, 0.717) is 4.90 Å². The van der Waals surface area contributed by atoms with Crippen LogP contribution in [0.15, 0.2) is 42.5 Å². The van der Waals surface area contributed by atoms with Crippen LogP contribution in [0.2, 0.25) is 0 Å². The average Bonchev–Trinajstić information content (AvgIpc) is 2.98. The van der Waals surface area contributed by atoms with Gasteiger partial charge in [-0.25, -0.2) is 9.69 Å². The van der Waals surface area contributed by atoms with E-state index in [0.717, 1.165) is 11.6 Å². The third-order valence-electron chi connectivity index (χ3n) is 4.69. The minimum atomic E-state index is -5.33. The summed E-state index contributed by atoms with van der Waals surface area (Å²) >= 11 is 0. The fourth-order valence-electron chi connectivity index (χ4n) is 3.03. The third-order valence-corrected chi connectivity index (χ3v) is 4.69. The van der Waals surface area contributed by atoms with Crippen molar-refractivity contribution in [2.75, 3.05) is 19.1 Å². The number of methoxy groups -OCH3 is 2. The maximum absolute atomic E-state index is 14.0. The molecule has 1 atom stereocenters. The summed E-state index contributed by atoms with van der Waals surface area (Å²) in [5, 5.41) is 3.24. The number of aryl methyl sites for hydroxylation is 1. The van der Waals surface area contributed by atoms with E-state index in [1.54, 1.807) is 17.6 Å². The molecule has 11 heteroatoms. The number of carbonyl (C=O) groups is 3. The molecule has 1 saturated heterocycles. The summed E-state index contributed by atoms with van der Waals surface area (Å²) in [6.45, 7) is 1.74. The van der Waals surface area contributed by atoms with Gasteiger partial charge in [-0.2, -0.15) is 13.2 Å². The normalized spacial score (nSPS) is 18.6. The second-order valence-corrected chi connectivity index (χ2v) is 6.68. The first kappa shape index (κ1) is 21.9. The molecule has 1 heterocycles. The van der Waals surface area contributed by atoms with Gasteiger partial charge in [-0.3, -0.25) is 14.9 Å². The van der Waals surface area contributed by atoms with Crippen molar-refractivity contribution in [3.63, 3.8) is 0 Å². The van der Waals surface area contributed by atoms with Gasteiger partial charge in [0.15, 0.2) is 11.5 Å². The van der Waals surface area contributed by atoms with Crippen LogP contribution in [0.1, 0.15) is 15.9 Å². The van der Waals surface area contributed by atoms with Gasteiger partial charge in [0.25, 0.3) is 17.5 Å². The summed E-state index contributed by atoms with van der Waals surface area (Å²) in [5.74, 6) is -2.58. The number of ether oxygens (including phenoxy) is 2. The number of carbonyl (C=O) groups excluding carboxylic acids is 3. The SMILES string of the molecule is COc1ccc(C(=O)N[C@@]2(C(F)(F)F)NC(=O)N(c3ccc(C)cc3)C2=O)cc1OC. The molecule has 31 heavy (non-hydrogen) atoms. The number of hydrogen-bond acceptors (Lipinski definition) is 5. The van der Waals surface area contributed by atoms with Crippen molar-refractivity contribution in [1.29, 1.82) is 0 Å². The molecule has 2 aromatic rings. The standard InChI is InChI=1S/C20H18F3N3O5/c1-11-4-7-13(8-5-11)26-17(28)19(20(21,22)23,25-18(26)29)24-16(27)12-6-9-14(30-2)15(10-12)31-3/h4-10H,1-3H3,(H,24,27)(H,25,29)/t19-/m1/s1. The van der Waals surface area contributed by atoms with E-state index < -0.39 is 29.7 Å². The highest BCUT2D eigenvalue weighted by Crippen LogP contribution is 2.36. The summed E-state index contributed by atoms with van der Waals surface area (Å²) in [5.41, 5.74) is -3.17. The molecule has 1 aliphatic heterocycles. The van der Waals surface area contributed by atoms with E-state index in [4.69, 9.17) is 9.47 Å². The van der Waals surface area contributed by atoms with Crippen LogP contribution in [-0.2, 0) is 4.79 Å². The molecular weight excluding hydrogens is 419 g/mol. The van der Waals surface area contributed by atoms with Gasteiger partial charge in [0.2, 0.25) is 0 Å². The Hall–Kier alpha value is -3.76. The van der Waals surface area contributed by atoms with E-state index in [9.17, 15) is 27.6 Å². The Kier molecular flexibility index (Phi) is 5.53. The van der Waals surface area contributed by atoms with Crippen LogP contribution in [-0.4, -0.2) is 43.9 Å². The Morgan fingerprint density at radius 2 is 1.65 bits per heavy atom. The lowest BCUT2D eigenvalue weighted by Crippen LogP contribution is -2.69. The highest BCUT2D eigenvalue weighted by Gasteiger charge is 2.69. The van der Waals surface area contributed by atoms with Gasteiger partial charge < -0.3 is 14.8 Å². The predicted molar refractivity (Wildman–Crippen MR) is 103 cm³/mol. The van der Waals surface area contributed by atoms with Crippen LogP contribution in [0.5, 0.6) is 11.5 Å². The minimum absolute atomic E-state index is 0.0698. The molecule has 2 aromatic carbocycles. The summed E-state index contributed by atoms with van der Waals surface area (Å²) in [4.78, 5) is 38.1. The average molecular weight is 437 g/mol. The zero-order valence-electron chi connectivity index (χ0n) is 16.7. The number of imide groups is 1. The maximum Gasteiger partial charge on any atom is 0.440 e. The Bertz CT molecular complexity index is 1040. The maximum atomic E-state index is 14.0. The number of benzene rings is 2. The number of alkyl halides is 3. The Labute approximate surface area is 174 Å². The second-order valence-electron chi connectivity index (χ2n) is 6.68. The molecule has 1 fully saturated rings. The van der Waals surface area contributed by atoms with Crippen LogP contribution >= 0.6 is 0 Å².